The lowest BCUT2D eigenvalue weighted by molar-refractivity contribution is -0.161. The number of allylic oxidation sites excluding steroid dienone is 18. The molecule has 0 saturated heterocycles. The maximum atomic E-state index is 12.7. The molecule has 2 unspecified atom stereocenters. The van der Waals surface area contributed by atoms with Crippen molar-refractivity contribution in [2.24, 2.45) is 5.73 Å². The minimum Gasteiger partial charge on any atom is -0.462 e. The molecule has 0 saturated carbocycles. The number of nitrogens with two attached hydrogens (primary N) is 1. The van der Waals surface area contributed by atoms with E-state index in [1.165, 1.54) is 193 Å². The second-order valence-electron chi connectivity index (χ2n) is 23.4. The Morgan fingerprint density at radius 1 is 0.365 bits per heavy atom. The molecule has 0 aromatic carbocycles. The fourth-order valence-corrected chi connectivity index (χ4v) is 10.8. The summed E-state index contributed by atoms with van der Waals surface area (Å²) in [5.74, 6) is -0.861. The summed E-state index contributed by atoms with van der Waals surface area (Å²) in [5.41, 5.74) is 5.40. The lowest BCUT2D eigenvalue weighted by atomic mass is 10.0. The summed E-state index contributed by atoms with van der Waals surface area (Å²) in [5, 5.41) is 0. The summed E-state index contributed by atoms with van der Waals surface area (Å²) < 4.78 is 33.1. The topological polar surface area (TPSA) is 134 Å². The van der Waals surface area contributed by atoms with Crippen LogP contribution in [0, 0.1) is 0 Å². The van der Waals surface area contributed by atoms with Crippen LogP contribution in [0.1, 0.15) is 322 Å². The first-order valence-corrected chi connectivity index (χ1v) is 36.9. The van der Waals surface area contributed by atoms with Gasteiger partial charge in [0.25, 0.3) is 0 Å². The SMILES string of the molecule is CC/C=C\C/C=C\C/C=C\C/C=C\C/C=C\C/C=C\C/C=C\C/C=C\C/C=C\CCCCCC(=O)OC(COC(=O)CCCCCCCCCCCCCCCCCCCCCCCCCCCCCCCCCCC)COP(=O)(O)OCCN. The van der Waals surface area contributed by atoms with Crippen LogP contribution in [-0.2, 0) is 32.7 Å². The largest absolute Gasteiger partial charge is 0.472 e. The predicted octanol–water partition coefficient (Wildman–Crippen LogP) is 23.3. The molecule has 10 heteroatoms. The van der Waals surface area contributed by atoms with Crippen molar-refractivity contribution in [1.29, 1.82) is 0 Å². The zero-order valence-electron chi connectivity index (χ0n) is 55.1. The van der Waals surface area contributed by atoms with E-state index in [4.69, 9.17) is 24.3 Å². The van der Waals surface area contributed by atoms with Crippen molar-refractivity contribution >= 4 is 19.8 Å². The Balaban J connectivity index is 3.94. The smallest absolute Gasteiger partial charge is 0.462 e. The van der Waals surface area contributed by atoms with Gasteiger partial charge in [-0.2, -0.15) is 0 Å². The lowest BCUT2D eigenvalue weighted by Crippen LogP contribution is -2.29. The van der Waals surface area contributed by atoms with Gasteiger partial charge in [-0.25, -0.2) is 4.57 Å². The lowest BCUT2D eigenvalue weighted by Gasteiger charge is -2.19. The van der Waals surface area contributed by atoms with Crippen molar-refractivity contribution in [2.45, 2.75) is 328 Å². The molecule has 0 fully saturated rings. The fraction of sp³-hybridized carbons (Fsp3) is 0.733. The second kappa shape index (κ2) is 69.8. The molecule has 490 valence electrons. The van der Waals surface area contributed by atoms with Crippen LogP contribution in [-0.4, -0.2) is 49.3 Å². The molecular weight excluding hydrogens is 1070 g/mol. The molecule has 0 aliphatic heterocycles. The monoisotopic (exact) mass is 1210 g/mol. The zero-order valence-corrected chi connectivity index (χ0v) is 56.0. The molecule has 2 atom stereocenters. The van der Waals surface area contributed by atoms with E-state index in [0.717, 1.165) is 96.3 Å². The molecule has 0 aliphatic rings. The molecule has 0 amide bonds. The van der Waals surface area contributed by atoms with E-state index in [2.05, 4.69) is 123 Å². The van der Waals surface area contributed by atoms with E-state index < -0.39 is 26.5 Å². The molecular formula is C75H132NO8P. The highest BCUT2D eigenvalue weighted by atomic mass is 31.2. The zero-order chi connectivity index (χ0) is 61.6. The van der Waals surface area contributed by atoms with Gasteiger partial charge in [0.05, 0.1) is 13.2 Å². The van der Waals surface area contributed by atoms with Crippen LogP contribution in [0.2, 0.25) is 0 Å². The van der Waals surface area contributed by atoms with E-state index in [0.29, 0.717) is 6.42 Å². The third-order valence-electron chi connectivity index (χ3n) is 15.2. The Labute approximate surface area is 524 Å². The minimum absolute atomic E-state index is 0.0433. The Kier molecular flexibility index (Phi) is 67.0. The highest BCUT2D eigenvalue weighted by molar-refractivity contribution is 7.47. The number of phosphoric ester groups is 1. The van der Waals surface area contributed by atoms with Crippen molar-refractivity contribution in [3.05, 3.63) is 109 Å². The maximum absolute atomic E-state index is 12.7. The number of phosphoric acid groups is 1. The van der Waals surface area contributed by atoms with Crippen molar-refractivity contribution < 1.29 is 37.6 Å². The molecule has 0 aromatic heterocycles. The molecule has 0 aromatic rings. The molecule has 0 aliphatic carbocycles. The molecule has 85 heavy (non-hydrogen) atoms. The fourth-order valence-electron chi connectivity index (χ4n) is 9.99. The van der Waals surface area contributed by atoms with E-state index in [-0.39, 0.29) is 38.6 Å². The molecule has 0 bridgehead atoms. The Bertz CT molecular complexity index is 1760. The summed E-state index contributed by atoms with van der Waals surface area (Å²) in [4.78, 5) is 35.3. The van der Waals surface area contributed by atoms with E-state index in [9.17, 15) is 19.0 Å². The van der Waals surface area contributed by atoms with Gasteiger partial charge in [0.1, 0.15) is 6.61 Å². The van der Waals surface area contributed by atoms with Crippen molar-refractivity contribution in [1.82, 2.24) is 0 Å². The van der Waals surface area contributed by atoms with Gasteiger partial charge in [-0.15, -0.1) is 0 Å². The molecule has 0 spiro atoms. The Morgan fingerprint density at radius 2 is 0.647 bits per heavy atom. The van der Waals surface area contributed by atoms with Gasteiger partial charge >= 0.3 is 19.8 Å². The van der Waals surface area contributed by atoms with Gasteiger partial charge in [0.15, 0.2) is 6.10 Å². The summed E-state index contributed by atoms with van der Waals surface area (Å²) in [6.07, 6.45) is 96.2. The number of unbranched alkanes of at least 4 members (excludes halogenated alkanes) is 35. The van der Waals surface area contributed by atoms with Crippen LogP contribution >= 0.6 is 7.82 Å². The molecule has 3 N–H and O–H groups in total. The second-order valence-corrected chi connectivity index (χ2v) is 24.8. The molecule has 0 rings (SSSR count). The van der Waals surface area contributed by atoms with Gasteiger partial charge in [0.2, 0.25) is 0 Å². The summed E-state index contributed by atoms with van der Waals surface area (Å²) in [6.45, 7) is 3.62. The van der Waals surface area contributed by atoms with Crippen LogP contribution in [0.15, 0.2) is 109 Å². The summed E-state index contributed by atoms with van der Waals surface area (Å²) in [6, 6.07) is 0. The molecule has 0 radical (unpaired) electrons. The standard InChI is InChI=1S/C75H132NO8P/c1-3-5-7-9-11-13-15-17-19-21-23-25-27-29-31-33-35-36-38-39-41-43-45-47-49-51-53-55-57-59-61-63-65-67-74(77)81-71-73(72-83-85(79,80)82-70-69-76)84-75(78)68-66-64-62-60-58-56-54-52-50-48-46-44-42-40-37-34-32-30-28-26-24-22-20-18-16-14-12-10-8-6-4-2/h6,8,12,14,18,20,24,26,30,32,37,40,44,46,50,52,56,58,73H,3-5,7,9-11,13,15-17,19,21-23,25,27-29,31,33-36,38-39,41-43,45,47-49,51,53-55,57,59-72,76H2,1-2H3,(H,79,80)/b8-6-,14-12-,20-18-,26-24-,32-30-,40-37-,46-44-,52-50-,58-56-. The highest BCUT2D eigenvalue weighted by Gasteiger charge is 2.26. The van der Waals surface area contributed by atoms with Gasteiger partial charge in [-0.05, 0) is 83.5 Å². The van der Waals surface area contributed by atoms with Gasteiger partial charge in [-0.1, -0.05) is 335 Å². The van der Waals surface area contributed by atoms with Crippen LogP contribution in [0.4, 0.5) is 0 Å². The maximum Gasteiger partial charge on any atom is 0.472 e. The first-order chi connectivity index (χ1) is 41.8. The summed E-state index contributed by atoms with van der Waals surface area (Å²) >= 11 is 0. The Morgan fingerprint density at radius 3 is 0.965 bits per heavy atom. The minimum atomic E-state index is -4.41. The quantitative estimate of drug-likeness (QED) is 0.0264. The number of hydrogen-bond acceptors (Lipinski definition) is 8. The van der Waals surface area contributed by atoms with E-state index >= 15 is 0 Å². The molecule has 9 nitrogen and oxygen atoms in total. The average molecular weight is 1210 g/mol. The third-order valence-corrected chi connectivity index (χ3v) is 16.2. The Hall–Kier alpha value is -3.33. The number of hydrogen-bond donors (Lipinski definition) is 2. The number of carbonyl (C=O) groups excluding carboxylic acids is 2. The number of rotatable bonds is 66. The van der Waals surface area contributed by atoms with Crippen molar-refractivity contribution in [2.75, 3.05) is 26.4 Å². The molecule has 0 heterocycles. The first-order valence-electron chi connectivity index (χ1n) is 35.4. The van der Waals surface area contributed by atoms with Gasteiger partial charge in [-0.3, -0.25) is 18.6 Å². The van der Waals surface area contributed by atoms with Crippen molar-refractivity contribution in [3.63, 3.8) is 0 Å². The highest BCUT2D eigenvalue weighted by Crippen LogP contribution is 2.43. The van der Waals surface area contributed by atoms with Crippen LogP contribution in [0.5, 0.6) is 0 Å². The van der Waals surface area contributed by atoms with Crippen LogP contribution in [0.3, 0.4) is 0 Å². The predicted molar refractivity (Wildman–Crippen MR) is 367 cm³/mol. The van der Waals surface area contributed by atoms with Gasteiger partial charge < -0.3 is 20.1 Å². The number of esters is 2. The van der Waals surface area contributed by atoms with E-state index in [1.807, 2.05) is 0 Å². The first kappa shape index (κ1) is 81.7. The van der Waals surface area contributed by atoms with Crippen LogP contribution < -0.4 is 5.73 Å². The van der Waals surface area contributed by atoms with Crippen LogP contribution in [0.25, 0.3) is 0 Å². The average Bonchev–Trinajstić information content (AvgIpc) is 3.52. The summed E-state index contributed by atoms with van der Waals surface area (Å²) in [7, 11) is -4.41. The number of carbonyl (C=O) groups is 2. The van der Waals surface area contributed by atoms with Gasteiger partial charge in [0, 0.05) is 19.4 Å². The third kappa shape index (κ3) is 69.6. The normalized spacial score (nSPS) is 13.6. The van der Waals surface area contributed by atoms with E-state index in [1.54, 1.807) is 0 Å². The number of ether oxygens (including phenoxy) is 2. The van der Waals surface area contributed by atoms with Crippen molar-refractivity contribution in [3.8, 4) is 0 Å².